The summed E-state index contributed by atoms with van der Waals surface area (Å²) >= 11 is 0. The van der Waals surface area contributed by atoms with Crippen molar-refractivity contribution in [1.82, 2.24) is 4.90 Å². The topological polar surface area (TPSA) is 32.8 Å². The molecule has 0 aliphatic carbocycles. The first-order valence-electron chi connectivity index (χ1n) is 7.35. The van der Waals surface area contributed by atoms with Gasteiger partial charge in [-0.2, -0.15) is 0 Å². The Morgan fingerprint density at radius 1 is 0.955 bits per heavy atom. The number of anilines is 1. The summed E-state index contributed by atoms with van der Waals surface area (Å²) in [6, 6.07) is 19.3. The zero-order chi connectivity index (χ0) is 15.8. The normalized spacial score (nSPS) is 10.5. The molecule has 2 aromatic carbocycles. The highest BCUT2D eigenvalue weighted by Gasteiger charge is 2.13. The third-order valence-electron chi connectivity index (χ3n) is 3.41. The summed E-state index contributed by atoms with van der Waals surface area (Å²) in [5.41, 5.74) is 0.904. The molecule has 4 heteroatoms. The van der Waals surface area contributed by atoms with Gasteiger partial charge in [0.25, 0.3) is 0 Å². The van der Waals surface area contributed by atoms with E-state index in [1.807, 2.05) is 72.6 Å². The average molecular weight is 298 g/mol. The van der Waals surface area contributed by atoms with Gasteiger partial charge in [0.2, 0.25) is 5.91 Å². The van der Waals surface area contributed by atoms with E-state index in [9.17, 15) is 4.79 Å². The van der Waals surface area contributed by atoms with Gasteiger partial charge < -0.3 is 9.64 Å². The van der Waals surface area contributed by atoms with Crippen LogP contribution < -0.4 is 9.64 Å². The Kier molecular flexibility index (Phi) is 5.98. The molecule has 2 aromatic rings. The fraction of sp³-hybridized carbons (Fsp3) is 0.278. The van der Waals surface area contributed by atoms with Crippen LogP contribution in [0.1, 0.15) is 0 Å². The summed E-state index contributed by atoms with van der Waals surface area (Å²) in [5.74, 6) is 0.914. The highest BCUT2D eigenvalue weighted by atomic mass is 16.5. The fourth-order valence-electron chi connectivity index (χ4n) is 2.05. The molecule has 22 heavy (non-hydrogen) atoms. The summed E-state index contributed by atoms with van der Waals surface area (Å²) in [5, 5.41) is 0. The largest absolute Gasteiger partial charge is 0.492 e. The lowest BCUT2D eigenvalue weighted by Gasteiger charge is -2.22. The molecule has 4 nitrogen and oxygen atoms in total. The van der Waals surface area contributed by atoms with E-state index in [2.05, 4.69) is 0 Å². The second kappa shape index (κ2) is 8.20. The van der Waals surface area contributed by atoms with Gasteiger partial charge in [-0.3, -0.25) is 9.69 Å². The highest BCUT2D eigenvalue weighted by Crippen LogP contribution is 2.11. The van der Waals surface area contributed by atoms with E-state index >= 15 is 0 Å². The lowest BCUT2D eigenvalue weighted by atomic mass is 10.3. The molecule has 116 valence electrons. The minimum absolute atomic E-state index is 0.0633. The number of para-hydroxylation sites is 2. The molecule has 0 heterocycles. The summed E-state index contributed by atoms with van der Waals surface area (Å²) in [7, 11) is 3.72. The summed E-state index contributed by atoms with van der Waals surface area (Å²) < 4.78 is 5.64. The Morgan fingerprint density at radius 2 is 1.55 bits per heavy atom. The van der Waals surface area contributed by atoms with Crippen molar-refractivity contribution in [3.8, 4) is 5.75 Å². The molecule has 0 radical (unpaired) electrons. The van der Waals surface area contributed by atoms with Crippen LogP contribution in [0.3, 0.4) is 0 Å². The second-order valence-electron chi connectivity index (χ2n) is 5.19. The number of likely N-dealkylation sites (N-methyl/N-ethyl adjacent to an activating group) is 2. The Morgan fingerprint density at radius 3 is 2.18 bits per heavy atom. The van der Waals surface area contributed by atoms with Crippen LogP contribution in [0.15, 0.2) is 60.7 Å². The van der Waals surface area contributed by atoms with Gasteiger partial charge >= 0.3 is 0 Å². The number of amides is 1. The van der Waals surface area contributed by atoms with Crippen LogP contribution in [0.4, 0.5) is 5.69 Å². The monoisotopic (exact) mass is 298 g/mol. The molecule has 0 N–H and O–H groups in total. The molecule has 0 saturated carbocycles. The van der Waals surface area contributed by atoms with E-state index in [1.165, 1.54) is 0 Å². The number of rotatable bonds is 7. The lowest BCUT2D eigenvalue weighted by Crippen LogP contribution is -2.38. The van der Waals surface area contributed by atoms with Gasteiger partial charge in [0, 0.05) is 19.3 Å². The lowest BCUT2D eigenvalue weighted by molar-refractivity contribution is -0.119. The minimum atomic E-state index is 0.0633. The van der Waals surface area contributed by atoms with Crippen LogP contribution in [0.2, 0.25) is 0 Å². The predicted molar refractivity (Wildman–Crippen MR) is 89.3 cm³/mol. The quantitative estimate of drug-likeness (QED) is 0.788. The molecule has 1 amide bonds. The van der Waals surface area contributed by atoms with Crippen LogP contribution in [0.25, 0.3) is 0 Å². The molecule has 0 atom stereocenters. The molecule has 0 fully saturated rings. The average Bonchev–Trinajstić information content (AvgIpc) is 2.56. The van der Waals surface area contributed by atoms with E-state index in [4.69, 9.17) is 4.74 Å². The van der Waals surface area contributed by atoms with Crippen LogP contribution in [-0.4, -0.2) is 44.6 Å². The van der Waals surface area contributed by atoms with Crippen molar-refractivity contribution in [3.05, 3.63) is 60.7 Å². The van der Waals surface area contributed by atoms with Gasteiger partial charge in [0.15, 0.2) is 0 Å². The van der Waals surface area contributed by atoms with Gasteiger partial charge in [-0.25, -0.2) is 0 Å². The second-order valence-corrected chi connectivity index (χ2v) is 5.19. The van der Waals surface area contributed by atoms with Crippen molar-refractivity contribution < 1.29 is 9.53 Å². The molecule has 2 rings (SSSR count). The first-order valence-corrected chi connectivity index (χ1v) is 7.35. The standard InChI is InChI=1S/C18H22N2O2/c1-19(13-14-22-17-11-7-4-8-12-17)15-18(21)20(2)16-9-5-3-6-10-16/h3-12H,13-15H2,1-2H3. The molecule has 0 aromatic heterocycles. The number of ether oxygens (including phenoxy) is 1. The number of hydrogen-bond donors (Lipinski definition) is 0. The Bertz CT molecular complexity index is 572. The SMILES string of the molecule is CN(CCOc1ccccc1)CC(=O)N(C)c1ccccc1. The highest BCUT2D eigenvalue weighted by molar-refractivity contribution is 5.94. The van der Waals surface area contributed by atoms with E-state index in [1.54, 1.807) is 11.9 Å². The van der Waals surface area contributed by atoms with Crippen LogP contribution >= 0.6 is 0 Å². The van der Waals surface area contributed by atoms with E-state index in [-0.39, 0.29) is 5.91 Å². The number of carbonyl (C=O) groups is 1. The summed E-state index contributed by atoms with van der Waals surface area (Å²) in [6.45, 7) is 1.62. The minimum Gasteiger partial charge on any atom is -0.492 e. The van der Waals surface area contributed by atoms with Gasteiger partial charge in [0.1, 0.15) is 12.4 Å². The summed E-state index contributed by atoms with van der Waals surface area (Å²) in [6.07, 6.45) is 0. The van der Waals surface area contributed by atoms with Crippen molar-refractivity contribution in [1.29, 1.82) is 0 Å². The maximum absolute atomic E-state index is 12.2. The molecule has 0 saturated heterocycles. The number of carbonyl (C=O) groups excluding carboxylic acids is 1. The van der Waals surface area contributed by atoms with E-state index in [0.717, 1.165) is 11.4 Å². The van der Waals surface area contributed by atoms with Gasteiger partial charge in [-0.05, 0) is 31.3 Å². The predicted octanol–water partition coefficient (Wildman–Crippen LogP) is 2.66. The Hall–Kier alpha value is -2.33. The molecule has 0 spiro atoms. The number of hydrogen-bond acceptors (Lipinski definition) is 3. The van der Waals surface area contributed by atoms with Gasteiger partial charge in [-0.1, -0.05) is 36.4 Å². The van der Waals surface area contributed by atoms with Crippen molar-refractivity contribution in [3.63, 3.8) is 0 Å². The van der Waals surface area contributed by atoms with Crippen molar-refractivity contribution in [2.45, 2.75) is 0 Å². The zero-order valence-corrected chi connectivity index (χ0v) is 13.1. The third-order valence-corrected chi connectivity index (χ3v) is 3.41. The van der Waals surface area contributed by atoms with Crippen molar-refractivity contribution >= 4 is 11.6 Å². The smallest absolute Gasteiger partial charge is 0.240 e. The zero-order valence-electron chi connectivity index (χ0n) is 13.1. The van der Waals surface area contributed by atoms with Gasteiger partial charge in [0.05, 0.1) is 6.54 Å². The van der Waals surface area contributed by atoms with E-state index in [0.29, 0.717) is 19.7 Å². The molecule has 0 aliphatic rings. The number of nitrogens with zero attached hydrogens (tertiary/aromatic N) is 2. The van der Waals surface area contributed by atoms with E-state index < -0.39 is 0 Å². The maximum atomic E-state index is 12.2. The van der Waals surface area contributed by atoms with Crippen LogP contribution in [0, 0.1) is 0 Å². The fourth-order valence-corrected chi connectivity index (χ4v) is 2.05. The van der Waals surface area contributed by atoms with Crippen LogP contribution in [0.5, 0.6) is 5.75 Å². The molecule has 0 unspecified atom stereocenters. The maximum Gasteiger partial charge on any atom is 0.240 e. The summed E-state index contributed by atoms with van der Waals surface area (Å²) in [4.78, 5) is 15.9. The molecular weight excluding hydrogens is 276 g/mol. The van der Waals surface area contributed by atoms with Gasteiger partial charge in [-0.15, -0.1) is 0 Å². The van der Waals surface area contributed by atoms with Crippen molar-refractivity contribution in [2.24, 2.45) is 0 Å². The third kappa shape index (κ3) is 4.90. The first-order chi connectivity index (χ1) is 10.7. The first kappa shape index (κ1) is 16.0. The Labute approximate surface area is 131 Å². The van der Waals surface area contributed by atoms with Crippen LogP contribution in [-0.2, 0) is 4.79 Å². The molecule has 0 aliphatic heterocycles. The Balaban J connectivity index is 1.74. The molecular formula is C18H22N2O2. The number of benzene rings is 2. The van der Waals surface area contributed by atoms with Crippen molar-refractivity contribution in [2.75, 3.05) is 38.7 Å². The molecule has 0 bridgehead atoms.